The third-order valence-corrected chi connectivity index (χ3v) is 7.36. The number of rotatable bonds is 14. The van der Waals surface area contributed by atoms with Crippen LogP contribution in [0.5, 0.6) is 5.75 Å². The van der Waals surface area contributed by atoms with E-state index in [-0.39, 0.29) is 17.7 Å². The summed E-state index contributed by atoms with van der Waals surface area (Å²) in [6, 6.07) is 11.4. The zero-order chi connectivity index (χ0) is 33.1. The van der Waals surface area contributed by atoms with Gasteiger partial charge in [-0.3, -0.25) is 4.79 Å². The lowest BCUT2D eigenvalue weighted by Crippen LogP contribution is -2.70. The number of halogens is 13. The predicted octanol–water partition coefficient (Wildman–Crippen LogP) is 8.84. The SMILES string of the molecule is COc1ccc(SCC(C)C(=O)OCc2ccc(CCC(F)(F)C(F)(F)C(F)(F)C(F)(F)C(F)(F)C(F)(F)F)cc2)cc1. The predicted molar refractivity (Wildman–Crippen MR) is 128 cm³/mol. The largest absolute Gasteiger partial charge is 0.497 e. The first-order valence-electron chi connectivity index (χ1n) is 12.0. The summed E-state index contributed by atoms with van der Waals surface area (Å²) in [5.41, 5.74) is 0.0373. The Kier molecular flexibility index (Phi) is 11.0. The summed E-state index contributed by atoms with van der Waals surface area (Å²) in [5, 5.41) is 0. The molecule has 0 saturated heterocycles. The molecule has 2 rings (SSSR count). The van der Waals surface area contributed by atoms with Crippen molar-refractivity contribution in [3.8, 4) is 5.75 Å². The Morgan fingerprint density at radius 1 is 0.721 bits per heavy atom. The molecule has 1 atom stereocenters. The van der Waals surface area contributed by atoms with Gasteiger partial charge in [-0.25, -0.2) is 0 Å². The van der Waals surface area contributed by atoms with Gasteiger partial charge < -0.3 is 9.47 Å². The molecular weight excluding hydrogens is 639 g/mol. The lowest BCUT2D eigenvalue weighted by molar-refractivity contribution is -0.440. The third-order valence-electron chi connectivity index (χ3n) is 6.09. The molecule has 242 valence electrons. The Bertz CT molecular complexity index is 1210. The van der Waals surface area contributed by atoms with Crippen molar-refractivity contribution in [2.45, 2.75) is 67.1 Å². The maximum Gasteiger partial charge on any atom is 0.460 e. The molecule has 0 aliphatic carbocycles. The number of methoxy groups -OCH3 is 1. The maximum atomic E-state index is 14.0. The molecule has 0 heterocycles. The van der Waals surface area contributed by atoms with Crippen LogP contribution < -0.4 is 4.74 Å². The molecule has 3 nitrogen and oxygen atoms in total. The highest BCUT2D eigenvalue weighted by molar-refractivity contribution is 7.99. The number of carbonyl (C=O) groups excluding carboxylic acids is 1. The lowest BCUT2D eigenvalue weighted by Gasteiger charge is -2.39. The molecule has 1 unspecified atom stereocenters. The number of esters is 1. The van der Waals surface area contributed by atoms with Crippen LogP contribution in [0.1, 0.15) is 24.5 Å². The summed E-state index contributed by atoms with van der Waals surface area (Å²) in [6.45, 7) is 1.29. The molecule has 17 heteroatoms. The van der Waals surface area contributed by atoms with Gasteiger partial charge >= 0.3 is 41.8 Å². The number of aryl methyl sites for hydroxylation is 1. The zero-order valence-electron chi connectivity index (χ0n) is 22.1. The van der Waals surface area contributed by atoms with E-state index < -0.39 is 60.5 Å². The summed E-state index contributed by atoms with van der Waals surface area (Å²) < 4.78 is 182. The first-order chi connectivity index (χ1) is 19.5. The van der Waals surface area contributed by atoms with Gasteiger partial charge in [0.25, 0.3) is 0 Å². The lowest BCUT2D eigenvalue weighted by atomic mass is 9.91. The highest BCUT2D eigenvalue weighted by atomic mass is 32.2. The third kappa shape index (κ3) is 7.63. The van der Waals surface area contributed by atoms with E-state index >= 15 is 0 Å². The van der Waals surface area contributed by atoms with Crippen LogP contribution in [-0.2, 0) is 22.6 Å². The Morgan fingerprint density at radius 3 is 1.70 bits per heavy atom. The number of hydrogen-bond acceptors (Lipinski definition) is 4. The van der Waals surface area contributed by atoms with E-state index in [1.165, 1.54) is 31.0 Å². The van der Waals surface area contributed by atoms with E-state index in [2.05, 4.69) is 0 Å². The number of benzene rings is 2. The molecule has 43 heavy (non-hydrogen) atoms. The summed E-state index contributed by atoms with van der Waals surface area (Å²) in [5.74, 6) is -37.1. The van der Waals surface area contributed by atoms with Gasteiger partial charge in [-0.05, 0) is 41.8 Å². The number of alkyl halides is 13. The highest BCUT2D eigenvalue weighted by Gasteiger charge is 2.90. The Balaban J connectivity index is 1.97. The number of carbonyl (C=O) groups is 1. The Hall–Kier alpha value is -2.85. The molecule has 0 aliphatic rings. The summed E-state index contributed by atoms with van der Waals surface area (Å²) in [7, 11) is 1.51. The van der Waals surface area contributed by atoms with Crippen LogP contribution in [0.2, 0.25) is 0 Å². The second-order valence-corrected chi connectivity index (χ2v) is 10.4. The second kappa shape index (κ2) is 13.0. The van der Waals surface area contributed by atoms with Crippen LogP contribution in [0.4, 0.5) is 57.1 Å². The van der Waals surface area contributed by atoms with Crippen LogP contribution in [0.15, 0.2) is 53.4 Å². The zero-order valence-corrected chi connectivity index (χ0v) is 22.9. The van der Waals surface area contributed by atoms with Crippen LogP contribution in [-0.4, -0.2) is 54.6 Å². The van der Waals surface area contributed by atoms with E-state index in [0.29, 0.717) is 11.5 Å². The molecule has 0 radical (unpaired) electrons. The van der Waals surface area contributed by atoms with Gasteiger partial charge in [0.05, 0.1) is 13.0 Å². The number of thioether (sulfide) groups is 1. The second-order valence-electron chi connectivity index (χ2n) is 9.31. The van der Waals surface area contributed by atoms with Crippen molar-refractivity contribution in [2.75, 3.05) is 12.9 Å². The van der Waals surface area contributed by atoms with Gasteiger partial charge in [-0.15, -0.1) is 11.8 Å². The van der Waals surface area contributed by atoms with Crippen LogP contribution in [0.25, 0.3) is 0 Å². The smallest absolute Gasteiger partial charge is 0.460 e. The van der Waals surface area contributed by atoms with E-state index in [4.69, 9.17) is 9.47 Å². The van der Waals surface area contributed by atoms with Gasteiger partial charge in [0, 0.05) is 17.1 Å². The first kappa shape index (κ1) is 36.3. The van der Waals surface area contributed by atoms with Crippen molar-refractivity contribution >= 4 is 17.7 Å². The van der Waals surface area contributed by atoms with Crippen molar-refractivity contribution in [1.29, 1.82) is 0 Å². The maximum absolute atomic E-state index is 14.0. The number of ether oxygens (including phenoxy) is 2. The molecule has 0 bridgehead atoms. The highest BCUT2D eigenvalue weighted by Crippen LogP contribution is 2.60. The Morgan fingerprint density at radius 2 is 1.21 bits per heavy atom. The van der Waals surface area contributed by atoms with Crippen LogP contribution in [0.3, 0.4) is 0 Å². The Labute approximate surface area is 240 Å². The fraction of sp³-hybridized carbons (Fsp3) is 0.500. The number of hydrogen-bond donors (Lipinski definition) is 0. The standard InChI is InChI=1S/C26H23F13O3S/c1-15(14-43-19-9-7-18(41-2)8-10-19)20(40)42-13-17-5-3-16(4-6-17)11-12-21(27,28)22(29,30)23(31,32)24(33,34)25(35,36)26(37,38)39/h3-10,15H,11-14H2,1-2H3. The van der Waals surface area contributed by atoms with Crippen molar-refractivity contribution in [3.63, 3.8) is 0 Å². The molecule has 0 fully saturated rings. The normalized spacial score (nSPS) is 14.4. The van der Waals surface area contributed by atoms with Crippen molar-refractivity contribution in [2.24, 2.45) is 5.92 Å². The quantitative estimate of drug-likeness (QED) is 0.115. The van der Waals surface area contributed by atoms with Crippen LogP contribution >= 0.6 is 11.8 Å². The molecule has 2 aromatic rings. The molecule has 0 amide bonds. The fourth-order valence-electron chi connectivity index (χ4n) is 3.32. The van der Waals surface area contributed by atoms with Gasteiger partial charge in [0.15, 0.2) is 0 Å². The molecule has 2 aromatic carbocycles. The minimum atomic E-state index is -7.92. The monoisotopic (exact) mass is 662 g/mol. The van der Waals surface area contributed by atoms with Crippen molar-refractivity contribution < 1.29 is 71.3 Å². The van der Waals surface area contributed by atoms with E-state index in [1.54, 1.807) is 31.2 Å². The van der Waals surface area contributed by atoms with Gasteiger partial charge in [-0.2, -0.15) is 57.1 Å². The summed E-state index contributed by atoms with van der Waals surface area (Å²) >= 11 is 1.37. The van der Waals surface area contributed by atoms with Crippen molar-refractivity contribution in [3.05, 3.63) is 59.7 Å². The average Bonchev–Trinajstić information content (AvgIpc) is 2.93. The first-order valence-corrected chi connectivity index (χ1v) is 13.0. The average molecular weight is 663 g/mol. The van der Waals surface area contributed by atoms with Gasteiger partial charge in [-0.1, -0.05) is 31.2 Å². The molecule has 0 saturated carbocycles. The summed E-state index contributed by atoms with van der Waals surface area (Å²) in [6.07, 6.45) is -11.0. The van der Waals surface area contributed by atoms with E-state index in [9.17, 15) is 61.9 Å². The fourth-order valence-corrected chi connectivity index (χ4v) is 4.23. The topological polar surface area (TPSA) is 35.5 Å². The molecule has 0 aliphatic heterocycles. The van der Waals surface area contributed by atoms with E-state index in [0.717, 1.165) is 17.0 Å². The van der Waals surface area contributed by atoms with Gasteiger partial charge in [0.1, 0.15) is 12.4 Å². The van der Waals surface area contributed by atoms with Gasteiger partial charge in [0.2, 0.25) is 0 Å². The van der Waals surface area contributed by atoms with Crippen LogP contribution in [0, 0.1) is 5.92 Å². The molecule has 0 aromatic heterocycles. The molecule has 0 N–H and O–H groups in total. The molecular formula is C26H23F13O3S. The minimum Gasteiger partial charge on any atom is -0.497 e. The summed E-state index contributed by atoms with van der Waals surface area (Å²) in [4.78, 5) is 13.1. The molecule has 0 spiro atoms. The van der Waals surface area contributed by atoms with E-state index in [1.807, 2.05) is 0 Å². The minimum absolute atomic E-state index is 0.245. The van der Waals surface area contributed by atoms with Crippen molar-refractivity contribution in [1.82, 2.24) is 0 Å².